The van der Waals surface area contributed by atoms with Crippen molar-refractivity contribution in [2.45, 2.75) is 82.5 Å². The van der Waals surface area contributed by atoms with E-state index in [1.807, 2.05) is 0 Å². The Hall–Kier alpha value is -0.900. The number of morpholine rings is 1. The molecule has 4 fully saturated rings. The molecular weight excluding hydrogens is 344 g/mol. The maximum atomic E-state index is 5.77. The van der Waals surface area contributed by atoms with Gasteiger partial charge in [0.2, 0.25) is 0 Å². The van der Waals surface area contributed by atoms with Crippen LogP contribution >= 0.6 is 0 Å². The summed E-state index contributed by atoms with van der Waals surface area (Å²) in [6.45, 7) is 6.62. The number of fused-ring (bicyclic) bond motifs is 4. The highest BCUT2D eigenvalue weighted by atomic mass is 16.5. The van der Waals surface area contributed by atoms with Crippen molar-refractivity contribution in [1.29, 1.82) is 0 Å². The Morgan fingerprint density at radius 3 is 2.18 bits per heavy atom. The molecule has 4 heterocycles. The monoisotopic (exact) mass is 384 g/mol. The van der Waals surface area contributed by atoms with Crippen molar-refractivity contribution >= 4 is 0 Å². The molecular formula is C25H40N2O. The molecule has 1 aromatic rings. The molecule has 28 heavy (non-hydrogen) atoms. The fourth-order valence-electron chi connectivity index (χ4n) is 6.49. The smallest absolute Gasteiger partial charge is 0.0628 e. The molecule has 3 nitrogen and oxygen atoms in total. The largest absolute Gasteiger partial charge is 0.378 e. The van der Waals surface area contributed by atoms with Crippen molar-refractivity contribution in [3.8, 4) is 0 Å². The maximum Gasteiger partial charge on any atom is 0.0628 e. The van der Waals surface area contributed by atoms with Gasteiger partial charge in [-0.1, -0.05) is 50.6 Å². The topological polar surface area (TPSA) is 15.7 Å². The van der Waals surface area contributed by atoms with Crippen LogP contribution in [-0.4, -0.2) is 61.3 Å². The van der Waals surface area contributed by atoms with E-state index in [2.05, 4.69) is 68.1 Å². The van der Waals surface area contributed by atoms with E-state index >= 15 is 0 Å². The lowest BCUT2D eigenvalue weighted by Crippen LogP contribution is -2.58. The van der Waals surface area contributed by atoms with Gasteiger partial charge in [0.15, 0.2) is 0 Å². The molecule has 1 aromatic carbocycles. The first-order valence-electron chi connectivity index (χ1n) is 11.6. The normalized spacial score (nSPS) is 41.1. The summed E-state index contributed by atoms with van der Waals surface area (Å²) in [6.07, 6.45) is 8.55. The molecule has 4 saturated heterocycles. The van der Waals surface area contributed by atoms with Gasteiger partial charge in [0.05, 0.1) is 13.2 Å². The van der Waals surface area contributed by atoms with Crippen LogP contribution in [0.15, 0.2) is 30.3 Å². The number of hydrogen-bond donors (Lipinski definition) is 0. The molecule has 5 rings (SSSR count). The van der Waals surface area contributed by atoms with Gasteiger partial charge in [-0.2, -0.15) is 0 Å². The van der Waals surface area contributed by atoms with Gasteiger partial charge in [0.25, 0.3) is 0 Å². The van der Waals surface area contributed by atoms with Gasteiger partial charge in [-0.15, -0.1) is 0 Å². The highest BCUT2D eigenvalue weighted by Crippen LogP contribution is 2.41. The van der Waals surface area contributed by atoms with E-state index in [9.17, 15) is 0 Å². The highest BCUT2D eigenvalue weighted by molar-refractivity contribution is 5.24. The highest BCUT2D eigenvalue weighted by Gasteiger charge is 2.42. The summed E-state index contributed by atoms with van der Waals surface area (Å²) < 4.78 is 5.77. The van der Waals surface area contributed by atoms with E-state index in [4.69, 9.17) is 4.74 Å². The molecule has 0 amide bonds. The average Bonchev–Trinajstić information content (AvgIpc) is 2.66. The Kier molecular flexibility index (Phi) is 6.44. The van der Waals surface area contributed by atoms with Crippen LogP contribution in [-0.2, 0) is 4.74 Å². The van der Waals surface area contributed by atoms with E-state index in [1.54, 1.807) is 0 Å². The molecule has 156 valence electrons. The van der Waals surface area contributed by atoms with E-state index in [-0.39, 0.29) is 0 Å². The minimum absolute atomic E-state index is 0.555. The number of benzene rings is 1. The van der Waals surface area contributed by atoms with Crippen molar-refractivity contribution in [2.24, 2.45) is 11.8 Å². The van der Waals surface area contributed by atoms with Crippen LogP contribution in [0.25, 0.3) is 0 Å². The summed E-state index contributed by atoms with van der Waals surface area (Å²) in [4.78, 5) is 5.17. The van der Waals surface area contributed by atoms with Crippen LogP contribution in [0.3, 0.4) is 0 Å². The standard InChI is InChI=1S/C15H21NO.C10H19N/c1-11-8-13-9-17-10-14(16(13)2)15(11)12-6-4-3-5-7-12;1-8-6-9-4-3-5-10(7-8)11(9)2/h3-7,11,13-15H,8-10H2,1-2H3;8-10H,3-7H2,1-2H3. The zero-order valence-corrected chi connectivity index (χ0v) is 18.4. The second kappa shape index (κ2) is 8.85. The minimum atomic E-state index is 0.555. The van der Waals surface area contributed by atoms with Crippen molar-refractivity contribution in [2.75, 3.05) is 27.3 Å². The van der Waals surface area contributed by atoms with Gasteiger partial charge in [-0.25, -0.2) is 0 Å². The number of hydrogen-bond acceptors (Lipinski definition) is 3. The van der Waals surface area contributed by atoms with Gasteiger partial charge in [0, 0.05) is 30.1 Å². The summed E-state index contributed by atoms with van der Waals surface area (Å²) in [7, 11) is 4.58. The number of nitrogens with zero attached hydrogens (tertiary/aromatic N) is 2. The summed E-state index contributed by atoms with van der Waals surface area (Å²) in [5.74, 6) is 2.37. The first kappa shape index (κ1) is 20.4. The quantitative estimate of drug-likeness (QED) is 0.693. The Morgan fingerprint density at radius 1 is 0.821 bits per heavy atom. The summed E-state index contributed by atoms with van der Waals surface area (Å²) in [5.41, 5.74) is 1.47. The number of rotatable bonds is 1. The molecule has 0 aromatic heterocycles. The van der Waals surface area contributed by atoms with Gasteiger partial charge in [-0.05, 0) is 63.6 Å². The van der Waals surface area contributed by atoms with E-state index in [0.717, 1.165) is 37.1 Å². The maximum absolute atomic E-state index is 5.77. The summed E-state index contributed by atoms with van der Waals surface area (Å²) in [5, 5.41) is 0. The molecule has 4 aliphatic rings. The summed E-state index contributed by atoms with van der Waals surface area (Å²) >= 11 is 0. The molecule has 0 saturated carbocycles. The fraction of sp³-hybridized carbons (Fsp3) is 0.760. The van der Waals surface area contributed by atoms with Crippen molar-refractivity contribution in [1.82, 2.24) is 9.80 Å². The van der Waals surface area contributed by atoms with Gasteiger partial charge < -0.3 is 9.64 Å². The Morgan fingerprint density at radius 2 is 1.50 bits per heavy atom. The van der Waals surface area contributed by atoms with E-state index < -0.39 is 0 Å². The molecule has 6 unspecified atom stereocenters. The van der Waals surface area contributed by atoms with Crippen LogP contribution < -0.4 is 0 Å². The second-order valence-electron chi connectivity index (χ2n) is 10.1. The lowest BCUT2D eigenvalue weighted by atomic mass is 9.73. The predicted molar refractivity (Wildman–Crippen MR) is 117 cm³/mol. The van der Waals surface area contributed by atoms with E-state index in [1.165, 1.54) is 44.1 Å². The molecule has 0 aliphatic carbocycles. The average molecular weight is 385 g/mol. The SMILES string of the molecule is CC1CC2CCCC(C1)N2C.CC1CC2COCC(C1c1ccccc1)N2C. The zero-order valence-electron chi connectivity index (χ0n) is 18.4. The third-order valence-electron chi connectivity index (χ3n) is 8.13. The predicted octanol–water partition coefficient (Wildman–Crippen LogP) is 4.78. The van der Waals surface area contributed by atoms with Crippen LogP contribution in [0, 0.1) is 11.8 Å². The first-order valence-corrected chi connectivity index (χ1v) is 11.6. The Labute approximate surface area is 172 Å². The third kappa shape index (κ3) is 4.17. The molecule has 0 radical (unpaired) electrons. The Bertz CT molecular complexity index is 606. The molecule has 6 atom stereocenters. The van der Waals surface area contributed by atoms with Crippen LogP contribution in [0.2, 0.25) is 0 Å². The number of likely N-dealkylation sites (N-methyl/N-ethyl adjacent to an activating group) is 1. The minimum Gasteiger partial charge on any atom is -0.378 e. The number of piperidine rings is 3. The number of ether oxygens (including phenoxy) is 1. The van der Waals surface area contributed by atoms with Gasteiger partial charge in [-0.3, -0.25) is 4.90 Å². The Balaban J connectivity index is 0.000000151. The van der Waals surface area contributed by atoms with Crippen LogP contribution in [0.4, 0.5) is 0 Å². The van der Waals surface area contributed by atoms with Crippen molar-refractivity contribution < 1.29 is 4.74 Å². The van der Waals surface area contributed by atoms with Gasteiger partial charge >= 0.3 is 0 Å². The third-order valence-corrected chi connectivity index (χ3v) is 8.13. The molecule has 0 spiro atoms. The molecule has 3 heteroatoms. The van der Waals surface area contributed by atoms with Gasteiger partial charge in [0.1, 0.15) is 0 Å². The van der Waals surface area contributed by atoms with Crippen molar-refractivity contribution in [3.63, 3.8) is 0 Å². The van der Waals surface area contributed by atoms with Crippen LogP contribution in [0.1, 0.15) is 63.9 Å². The lowest BCUT2D eigenvalue weighted by Gasteiger charge is -2.50. The zero-order chi connectivity index (χ0) is 19.7. The van der Waals surface area contributed by atoms with Crippen molar-refractivity contribution in [3.05, 3.63) is 35.9 Å². The fourth-order valence-corrected chi connectivity index (χ4v) is 6.49. The second-order valence-corrected chi connectivity index (χ2v) is 10.1. The van der Waals surface area contributed by atoms with E-state index in [0.29, 0.717) is 18.0 Å². The molecule has 4 bridgehead atoms. The van der Waals surface area contributed by atoms with Crippen LogP contribution in [0.5, 0.6) is 0 Å². The molecule has 4 aliphatic heterocycles. The molecule has 0 N–H and O–H groups in total. The lowest BCUT2D eigenvalue weighted by molar-refractivity contribution is -0.0834. The first-order chi connectivity index (χ1) is 13.5. The summed E-state index contributed by atoms with van der Waals surface area (Å²) in [6, 6.07) is 14.0.